The molecule has 0 aliphatic rings. The first-order chi connectivity index (χ1) is 10.1. The van der Waals surface area contributed by atoms with Gasteiger partial charge in [0.1, 0.15) is 5.75 Å². The second-order valence-electron chi connectivity index (χ2n) is 5.87. The lowest BCUT2D eigenvalue weighted by Crippen LogP contribution is -1.99. The Morgan fingerprint density at radius 1 is 1.05 bits per heavy atom. The molecule has 1 aromatic carbocycles. The van der Waals surface area contributed by atoms with Gasteiger partial charge in [-0.1, -0.05) is 56.7 Å². The Morgan fingerprint density at radius 3 is 2.29 bits per heavy atom. The molecule has 0 saturated carbocycles. The van der Waals surface area contributed by atoms with Gasteiger partial charge in [-0.15, -0.1) is 0 Å². The third-order valence-corrected chi connectivity index (χ3v) is 3.97. The van der Waals surface area contributed by atoms with Crippen LogP contribution < -0.4 is 0 Å². The highest BCUT2D eigenvalue weighted by atomic mass is 16.4. The normalized spacial score (nSPS) is 11.9. The largest absolute Gasteiger partial charge is 0.507 e. The van der Waals surface area contributed by atoms with Crippen molar-refractivity contribution in [2.75, 3.05) is 0 Å². The molecule has 3 heteroatoms. The summed E-state index contributed by atoms with van der Waals surface area (Å²) in [6.07, 6.45) is 10.1. The van der Waals surface area contributed by atoms with Crippen molar-refractivity contribution in [3.05, 3.63) is 28.8 Å². The molecule has 0 aromatic heterocycles. The topological polar surface area (TPSA) is 52.8 Å². The van der Waals surface area contributed by atoms with Crippen molar-refractivity contribution in [1.82, 2.24) is 0 Å². The summed E-state index contributed by atoms with van der Waals surface area (Å²) in [5.41, 5.74) is 3.14. The Morgan fingerprint density at radius 2 is 1.67 bits per heavy atom. The number of phenolic OH excluding ortho intramolecular Hbond substituents is 1. The predicted octanol–water partition coefficient (Wildman–Crippen LogP) is 5.19. The average molecular weight is 291 g/mol. The maximum Gasteiger partial charge on any atom is 0.127 e. The summed E-state index contributed by atoms with van der Waals surface area (Å²) in [6.45, 7) is 5.83. The summed E-state index contributed by atoms with van der Waals surface area (Å²) in [7, 11) is 0. The minimum Gasteiger partial charge on any atom is -0.507 e. The second kappa shape index (κ2) is 9.43. The van der Waals surface area contributed by atoms with Gasteiger partial charge in [-0.3, -0.25) is 0 Å². The number of hydrogen-bond acceptors (Lipinski definition) is 3. The Hall–Kier alpha value is -1.51. The van der Waals surface area contributed by atoms with Crippen molar-refractivity contribution in [3.63, 3.8) is 0 Å². The van der Waals surface area contributed by atoms with E-state index in [1.807, 2.05) is 19.1 Å². The third-order valence-electron chi connectivity index (χ3n) is 3.97. The van der Waals surface area contributed by atoms with E-state index in [4.69, 9.17) is 5.21 Å². The number of hydrogen-bond donors (Lipinski definition) is 2. The van der Waals surface area contributed by atoms with Gasteiger partial charge in [0.15, 0.2) is 0 Å². The number of phenols is 1. The molecule has 0 unspecified atom stereocenters. The van der Waals surface area contributed by atoms with Crippen LogP contribution in [0.1, 0.15) is 75.5 Å². The fraction of sp³-hybridized carbons (Fsp3) is 0.611. The summed E-state index contributed by atoms with van der Waals surface area (Å²) in [5.74, 6) is 0.216. The molecule has 0 radical (unpaired) electrons. The third kappa shape index (κ3) is 5.78. The molecule has 2 N–H and O–H groups in total. The van der Waals surface area contributed by atoms with Crippen molar-refractivity contribution in [1.29, 1.82) is 0 Å². The monoisotopic (exact) mass is 291 g/mol. The Balaban J connectivity index is 2.51. The Bertz CT molecular complexity index is 467. The SMILES string of the molecule is CCCCCCCCCc1cc(C)c(O)c(/C(C)=N/O)c1. The van der Waals surface area contributed by atoms with E-state index in [0.29, 0.717) is 11.3 Å². The number of aryl methyl sites for hydroxylation is 2. The molecule has 1 aromatic rings. The van der Waals surface area contributed by atoms with E-state index in [-0.39, 0.29) is 5.75 Å². The standard InChI is InChI=1S/C18H29NO2/c1-4-5-6-7-8-9-10-11-16-12-14(2)18(20)17(13-16)15(3)19-21/h12-13,20-21H,4-11H2,1-3H3/b19-15+. The van der Waals surface area contributed by atoms with Gasteiger partial charge in [0.05, 0.1) is 5.71 Å². The maximum absolute atomic E-state index is 10.0. The van der Waals surface area contributed by atoms with Crippen molar-refractivity contribution in [2.24, 2.45) is 5.16 Å². The van der Waals surface area contributed by atoms with Gasteiger partial charge >= 0.3 is 0 Å². The van der Waals surface area contributed by atoms with Gasteiger partial charge in [0, 0.05) is 5.56 Å². The smallest absolute Gasteiger partial charge is 0.127 e. The summed E-state index contributed by atoms with van der Waals surface area (Å²) in [5, 5.41) is 22.1. The van der Waals surface area contributed by atoms with Crippen LogP contribution in [-0.2, 0) is 6.42 Å². The molecule has 0 amide bonds. The molecule has 0 saturated heterocycles. The van der Waals surface area contributed by atoms with Crippen LogP contribution in [0.15, 0.2) is 17.3 Å². The first kappa shape index (κ1) is 17.5. The van der Waals surface area contributed by atoms with E-state index in [9.17, 15) is 5.11 Å². The fourth-order valence-electron chi connectivity index (χ4n) is 2.61. The van der Waals surface area contributed by atoms with E-state index >= 15 is 0 Å². The fourth-order valence-corrected chi connectivity index (χ4v) is 2.61. The lowest BCUT2D eigenvalue weighted by Gasteiger charge is -2.10. The molecule has 3 nitrogen and oxygen atoms in total. The molecule has 118 valence electrons. The lowest BCUT2D eigenvalue weighted by atomic mass is 9.98. The Labute approximate surface area is 128 Å². The zero-order valence-corrected chi connectivity index (χ0v) is 13.7. The van der Waals surface area contributed by atoms with E-state index in [1.54, 1.807) is 6.92 Å². The summed E-state index contributed by atoms with van der Waals surface area (Å²) in [4.78, 5) is 0. The van der Waals surface area contributed by atoms with Gasteiger partial charge < -0.3 is 10.3 Å². The highest BCUT2D eigenvalue weighted by Crippen LogP contribution is 2.25. The molecule has 0 spiro atoms. The number of unbranched alkanes of at least 4 members (excludes halogenated alkanes) is 6. The van der Waals surface area contributed by atoms with E-state index < -0.39 is 0 Å². The van der Waals surface area contributed by atoms with Crippen LogP contribution >= 0.6 is 0 Å². The molecule has 21 heavy (non-hydrogen) atoms. The Kier molecular flexibility index (Phi) is 7.88. The molecule has 0 bridgehead atoms. The van der Waals surface area contributed by atoms with Crippen LogP contribution in [0.3, 0.4) is 0 Å². The molecular weight excluding hydrogens is 262 g/mol. The molecule has 0 aliphatic carbocycles. The number of nitrogens with zero attached hydrogens (tertiary/aromatic N) is 1. The highest BCUT2D eigenvalue weighted by molar-refractivity contribution is 6.01. The number of benzene rings is 1. The van der Waals surface area contributed by atoms with Crippen molar-refractivity contribution in [2.45, 2.75) is 72.1 Å². The zero-order chi connectivity index (χ0) is 15.7. The summed E-state index contributed by atoms with van der Waals surface area (Å²) < 4.78 is 0. The molecule has 1 rings (SSSR count). The predicted molar refractivity (Wildman–Crippen MR) is 88.5 cm³/mol. The van der Waals surface area contributed by atoms with Gasteiger partial charge in [0.25, 0.3) is 0 Å². The van der Waals surface area contributed by atoms with E-state index in [2.05, 4.69) is 12.1 Å². The van der Waals surface area contributed by atoms with Crippen LogP contribution in [0.2, 0.25) is 0 Å². The molecular formula is C18H29NO2. The molecule has 0 atom stereocenters. The van der Waals surface area contributed by atoms with E-state index in [0.717, 1.165) is 12.0 Å². The van der Waals surface area contributed by atoms with Gasteiger partial charge in [-0.05, 0) is 43.9 Å². The average Bonchev–Trinajstić information content (AvgIpc) is 2.48. The van der Waals surface area contributed by atoms with Crippen LogP contribution in [0.25, 0.3) is 0 Å². The first-order valence-electron chi connectivity index (χ1n) is 8.11. The minimum atomic E-state index is 0.216. The van der Waals surface area contributed by atoms with Gasteiger partial charge in [-0.2, -0.15) is 0 Å². The van der Waals surface area contributed by atoms with Crippen molar-refractivity contribution in [3.8, 4) is 5.75 Å². The van der Waals surface area contributed by atoms with E-state index in [1.165, 1.54) is 50.5 Å². The molecule has 0 aliphatic heterocycles. The number of oxime groups is 1. The minimum absolute atomic E-state index is 0.216. The lowest BCUT2D eigenvalue weighted by molar-refractivity contribution is 0.318. The van der Waals surface area contributed by atoms with Crippen LogP contribution in [-0.4, -0.2) is 16.0 Å². The van der Waals surface area contributed by atoms with Crippen molar-refractivity contribution < 1.29 is 10.3 Å². The highest BCUT2D eigenvalue weighted by Gasteiger charge is 2.10. The van der Waals surface area contributed by atoms with Gasteiger partial charge in [0.2, 0.25) is 0 Å². The van der Waals surface area contributed by atoms with Crippen molar-refractivity contribution >= 4 is 5.71 Å². The van der Waals surface area contributed by atoms with Crippen LogP contribution in [0.5, 0.6) is 5.75 Å². The molecule has 0 fully saturated rings. The van der Waals surface area contributed by atoms with Crippen LogP contribution in [0, 0.1) is 6.92 Å². The summed E-state index contributed by atoms with van der Waals surface area (Å²) in [6, 6.07) is 3.97. The number of aromatic hydroxyl groups is 1. The maximum atomic E-state index is 10.0. The zero-order valence-electron chi connectivity index (χ0n) is 13.7. The quantitative estimate of drug-likeness (QED) is 0.284. The number of rotatable bonds is 9. The van der Waals surface area contributed by atoms with Crippen LogP contribution in [0.4, 0.5) is 0 Å². The summed E-state index contributed by atoms with van der Waals surface area (Å²) >= 11 is 0. The second-order valence-corrected chi connectivity index (χ2v) is 5.87. The van der Waals surface area contributed by atoms with Gasteiger partial charge in [-0.25, -0.2) is 0 Å². The molecule has 0 heterocycles. The first-order valence-corrected chi connectivity index (χ1v) is 8.11.